The third-order valence-corrected chi connectivity index (χ3v) is 3.60. The molecular formula is C11H18N2O2S. The van der Waals surface area contributed by atoms with Crippen LogP contribution in [0.2, 0.25) is 0 Å². The van der Waals surface area contributed by atoms with Gasteiger partial charge in [-0.05, 0) is 12.8 Å². The Morgan fingerprint density at radius 3 is 2.75 bits per heavy atom. The van der Waals surface area contributed by atoms with E-state index in [1.165, 1.54) is 18.2 Å². The fourth-order valence-electron chi connectivity index (χ4n) is 1.89. The van der Waals surface area contributed by atoms with Crippen LogP contribution in [0.4, 0.5) is 0 Å². The minimum absolute atomic E-state index is 0.0979. The second-order valence-electron chi connectivity index (χ2n) is 4.21. The Balaban J connectivity index is 2.17. The van der Waals surface area contributed by atoms with Gasteiger partial charge >= 0.3 is 0 Å². The molecule has 1 aliphatic rings. The van der Waals surface area contributed by atoms with Gasteiger partial charge in [-0.15, -0.1) is 11.8 Å². The number of carbonyl (C=O) groups excluding carboxylic acids is 1. The Hall–Kier alpha value is -0.730. The number of nitriles is 1. The van der Waals surface area contributed by atoms with Gasteiger partial charge in [-0.1, -0.05) is 19.3 Å². The summed E-state index contributed by atoms with van der Waals surface area (Å²) in [6, 6.07) is 1.97. The lowest BCUT2D eigenvalue weighted by molar-refractivity contribution is -0.120. The van der Waals surface area contributed by atoms with Gasteiger partial charge in [0, 0.05) is 6.54 Å². The Labute approximate surface area is 100 Å². The first kappa shape index (κ1) is 13.3. The predicted octanol–water partition coefficient (Wildman–Crippen LogP) is 1.05. The van der Waals surface area contributed by atoms with E-state index in [-0.39, 0.29) is 5.91 Å². The fourth-order valence-corrected chi connectivity index (χ4v) is 2.37. The number of nitrogens with one attached hydrogen (secondary N) is 1. The number of nitrogens with zero attached hydrogens (tertiary/aromatic N) is 1. The molecule has 0 spiro atoms. The van der Waals surface area contributed by atoms with Gasteiger partial charge in [0.1, 0.15) is 0 Å². The molecule has 0 bridgehead atoms. The molecule has 0 aliphatic heterocycles. The largest absolute Gasteiger partial charge is 0.388 e. The second kappa shape index (κ2) is 6.77. The lowest BCUT2D eigenvalue weighted by Crippen LogP contribution is -2.44. The van der Waals surface area contributed by atoms with Crippen LogP contribution in [0.25, 0.3) is 0 Å². The molecule has 0 aromatic heterocycles. The van der Waals surface area contributed by atoms with Crippen molar-refractivity contribution in [1.29, 1.82) is 5.26 Å². The summed E-state index contributed by atoms with van der Waals surface area (Å²) in [4.78, 5) is 11.4. The molecule has 1 rings (SSSR count). The standard InChI is InChI=1S/C11H18N2O2S/c12-6-7-16-8-10(14)13-9-11(15)4-2-1-3-5-11/h15H,1-5,7-9H2,(H,13,14). The summed E-state index contributed by atoms with van der Waals surface area (Å²) in [5, 5.41) is 21.2. The van der Waals surface area contributed by atoms with Gasteiger partial charge in [0.2, 0.25) is 5.91 Å². The molecule has 1 aliphatic carbocycles. The molecule has 90 valence electrons. The highest BCUT2D eigenvalue weighted by molar-refractivity contribution is 8.00. The Bertz CT molecular complexity index is 270. The van der Waals surface area contributed by atoms with Crippen LogP contribution in [0.3, 0.4) is 0 Å². The molecule has 1 fully saturated rings. The van der Waals surface area contributed by atoms with Crippen LogP contribution in [-0.2, 0) is 4.79 Å². The number of amides is 1. The maximum atomic E-state index is 11.4. The van der Waals surface area contributed by atoms with Crippen molar-refractivity contribution in [3.8, 4) is 6.07 Å². The van der Waals surface area contributed by atoms with Crippen molar-refractivity contribution in [3.63, 3.8) is 0 Å². The lowest BCUT2D eigenvalue weighted by atomic mass is 9.85. The quantitative estimate of drug-likeness (QED) is 0.707. The lowest BCUT2D eigenvalue weighted by Gasteiger charge is -2.32. The van der Waals surface area contributed by atoms with Crippen molar-refractivity contribution >= 4 is 17.7 Å². The summed E-state index contributed by atoms with van der Waals surface area (Å²) < 4.78 is 0. The monoisotopic (exact) mass is 242 g/mol. The molecule has 4 nitrogen and oxygen atoms in total. The van der Waals surface area contributed by atoms with E-state index >= 15 is 0 Å². The zero-order valence-electron chi connectivity index (χ0n) is 9.37. The minimum atomic E-state index is -0.701. The minimum Gasteiger partial charge on any atom is -0.388 e. The normalized spacial score (nSPS) is 18.8. The van der Waals surface area contributed by atoms with Crippen LogP contribution in [0, 0.1) is 11.3 Å². The molecule has 16 heavy (non-hydrogen) atoms. The molecule has 0 radical (unpaired) electrons. The number of hydrogen-bond acceptors (Lipinski definition) is 4. The average Bonchev–Trinajstić information content (AvgIpc) is 2.28. The number of hydrogen-bond donors (Lipinski definition) is 2. The first-order chi connectivity index (χ1) is 7.66. The van der Waals surface area contributed by atoms with Crippen molar-refractivity contribution in [2.45, 2.75) is 37.7 Å². The first-order valence-corrected chi connectivity index (χ1v) is 6.75. The van der Waals surface area contributed by atoms with E-state index in [1.54, 1.807) is 0 Å². The molecule has 0 heterocycles. The predicted molar refractivity (Wildman–Crippen MR) is 64.0 cm³/mol. The van der Waals surface area contributed by atoms with E-state index in [0.29, 0.717) is 18.1 Å². The SMILES string of the molecule is N#CCSCC(=O)NCC1(O)CCCCC1. The number of thioether (sulfide) groups is 1. The zero-order chi connectivity index (χ0) is 11.9. The van der Waals surface area contributed by atoms with Crippen molar-refractivity contribution < 1.29 is 9.90 Å². The van der Waals surface area contributed by atoms with E-state index in [1.807, 2.05) is 6.07 Å². The Kier molecular flexibility index (Phi) is 5.64. The van der Waals surface area contributed by atoms with Gasteiger partial charge in [0.15, 0.2) is 0 Å². The van der Waals surface area contributed by atoms with Crippen molar-refractivity contribution in [2.75, 3.05) is 18.1 Å². The fraction of sp³-hybridized carbons (Fsp3) is 0.818. The van der Waals surface area contributed by atoms with Crippen molar-refractivity contribution in [1.82, 2.24) is 5.32 Å². The Morgan fingerprint density at radius 2 is 2.12 bits per heavy atom. The highest BCUT2D eigenvalue weighted by Crippen LogP contribution is 2.27. The van der Waals surface area contributed by atoms with Crippen LogP contribution in [0.1, 0.15) is 32.1 Å². The van der Waals surface area contributed by atoms with Crippen LogP contribution < -0.4 is 5.32 Å². The topological polar surface area (TPSA) is 73.1 Å². The molecule has 0 saturated heterocycles. The van der Waals surface area contributed by atoms with Crippen LogP contribution >= 0.6 is 11.8 Å². The van der Waals surface area contributed by atoms with Crippen LogP contribution in [0.15, 0.2) is 0 Å². The number of rotatable bonds is 5. The maximum Gasteiger partial charge on any atom is 0.230 e. The van der Waals surface area contributed by atoms with Crippen LogP contribution in [0.5, 0.6) is 0 Å². The van der Waals surface area contributed by atoms with E-state index in [4.69, 9.17) is 5.26 Å². The number of aliphatic hydroxyl groups is 1. The molecule has 0 aromatic rings. The molecule has 1 saturated carbocycles. The average molecular weight is 242 g/mol. The van der Waals surface area contributed by atoms with E-state index in [0.717, 1.165) is 25.7 Å². The summed E-state index contributed by atoms with van der Waals surface area (Å²) in [6.07, 6.45) is 4.80. The van der Waals surface area contributed by atoms with Crippen LogP contribution in [-0.4, -0.2) is 34.7 Å². The third kappa shape index (κ3) is 4.86. The Morgan fingerprint density at radius 1 is 1.44 bits per heavy atom. The van der Waals surface area contributed by atoms with E-state index < -0.39 is 5.60 Å². The molecule has 1 amide bonds. The summed E-state index contributed by atoms with van der Waals surface area (Å²) >= 11 is 1.29. The smallest absolute Gasteiger partial charge is 0.230 e. The third-order valence-electron chi connectivity index (χ3n) is 2.80. The van der Waals surface area contributed by atoms with Gasteiger partial charge in [-0.2, -0.15) is 5.26 Å². The highest BCUT2D eigenvalue weighted by Gasteiger charge is 2.29. The van der Waals surface area contributed by atoms with E-state index in [2.05, 4.69) is 5.32 Å². The molecule has 2 N–H and O–H groups in total. The molecule has 0 atom stereocenters. The van der Waals surface area contributed by atoms with Gasteiger partial charge in [0.25, 0.3) is 0 Å². The molecule has 5 heteroatoms. The van der Waals surface area contributed by atoms with E-state index in [9.17, 15) is 9.90 Å². The van der Waals surface area contributed by atoms with Gasteiger partial charge in [-0.3, -0.25) is 4.79 Å². The van der Waals surface area contributed by atoms with Gasteiger partial charge in [0.05, 0.1) is 23.2 Å². The highest BCUT2D eigenvalue weighted by atomic mass is 32.2. The molecule has 0 unspecified atom stereocenters. The summed E-state index contributed by atoms with van der Waals surface area (Å²) in [6.45, 7) is 0.346. The molecular weight excluding hydrogens is 224 g/mol. The number of carbonyl (C=O) groups is 1. The summed E-state index contributed by atoms with van der Waals surface area (Å²) in [5.74, 6) is 0.528. The van der Waals surface area contributed by atoms with Crippen molar-refractivity contribution in [3.05, 3.63) is 0 Å². The second-order valence-corrected chi connectivity index (χ2v) is 5.20. The van der Waals surface area contributed by atoms with Gasteiger partial charge in [-0.25, -0.2) is 0 Å². The first-order valence-electron chi connectivity index (χ1n) is 5.60. The zero-order valence-corrected chi connectivity index (χ0v) is 10.2. The van der Waals surface area contributed by atoms with Gasteiger partial charge < -0.3 is 10.4 Å². The summed E-state index contributed by atoms with van der Waals surface area (Å²) in [5.41, 5.74) is -0.701. The summed E-state index contributed by atoms with van der Waals surface area (Å²) in [7, 11) is 0. The molecule has 0 aromatic carbocycles. The van der Waals surface area contributed by atoms with Crippen molar-refractivity contribution in [2.24, 2.45) is 0 Å². The maximum absolute atomic E-state index is 11.4.